The second-order valence-corrected chi connectivity index (χ2v) is 9.19. The first-order valence-corrected chi connectivity index (χ1v) is 11.1. The highest BCUT2D eigenvalue weighted by molar-refractivity contribution is 7.89. The van der Waals surface area contributed by atoms with Crippen LogP contribution in [-0.2, 0) is 14.8 Å². The van der Waals surface area contributed by atoms with Gasteiger partial charge in [0.05, 0.1) is 11.4 Å². The third-order valence-corrected chi connectivity index (χ3v) is 7.16. The first kappa shape index (κ1) is 19.3. The van der Waals surface area contributed by atoms with Crippen LogP contribution in [-0.4, -0.2) is 44.3 Å². The molecule has 26 heavy (non-hydrogen) atoms. The molecule has 1 heterocycles. The summed E-state index contributed by atoms with van der Waals surface area (Å²) >= 11 is 0. The highest BCUT2D eigenvalue weighted by Crippen LogP contribution is 2.22. The van der Waals surface area contributed by atoms with Crippen molar-refractivity contribution in [3.63, 3.8) is 0 Å². The van der Waals surface area contributed by atoms with Crippen LogP contribution in [0.3, 0.4) is 0 Å². The minimum absolute atomic E-state index is 0.0972. The Morgan fingerprint density at radius 2 is 1.58 bits per heavy atom. The largest absolute Gasteiger partial charge is 0.325 e. The number of hydrogen-bond donors (Lipinski definition) is 2. The third kappa shape index (κ3) is 5.05. The van der Waals surface area contributed by atoms with Crippen LogP contribution < -0.4 is 10.6 Å². The number of rotatable bonds is 6. The number of nitrogens with zero attached hydrogens (tertiary/aromatic N) is 1. The lowest BCUT2D eigenvalue weighted by Crippen LogP contribution is -2.34. The minimum atomic E-state index is -3.44. The zero-order chi connectivity index (χ0) is 18.4. The topological polar surface area (TPSA) is 78.5 Å². The van der Waals surface area contributed by atoms with E-state index in [2.05, 4.69) is 10.6 Å². The maximum Gasteiger partial charge on any atom is 0.243 e. The van der Waals surface area contributed by atoms with E-state index in [0.29, 0.717) is 36.3 Å². The molecule has 2 fully saturated rings. The molecule has 0 atom stereocenters. The van der Waals surface area contributed by atoms with Crippen LogP contribution in [0.1, 0.15) is 51.4 Å². The fourth-order valence-electron chi connectivity index (χ4n) is 3.71. The zero-order valence-corrected chi connectivity index (χ0v) is 16.1. The lowest BCUT2D eigenvalue weighted by molar-refractivity contribution is -0.115. The van der Waals surface area contributed by atoms with Crippen molar-refractivity contribution in [2.45, 2.75) is 62.3 Å². The van der Waals surface area contributed by atoms with Crippen LogP contribution in [0.15, 0.2) is 29.2 Å². The van der Waals surface area contributed by atoms with Crippen molar-refractivity contribution in [3.8, 4) is 0 Å². The van der Waals surface area contributed by atoms with E-state index >= 15 is 0 Å². The Hall–Kier alpha value is -1.44. The molecule has 1 aliphatic heterocycles. The van der Waals surface area contributed by atoms with Gasteiger partial charge in [-0.3, -0.25) is 4.79 Å². The molecule has 1 aromatic rings. The molecule has 2 aliphatic rings. The number of carbonyl (C=O) groups excluding carboxylic acids is 1. The second kappa shape index (κ2) is 8.97. The predicted octanol–water partition coefficient (Wildman–Crippen LogP) is 2.72. The molecule has 6 nitrogen and oxygen atoms in total. The van der Waals surface area contributed by atoms with Crippen molar-refractivity contribution < 1.29 is 13.2 Å². The van der Waals surface area contributed by atoms with Gasteiger partial charge in [-0.25, -0.2) is 8.42 Å². The Morgan fingerprint density at radius 1 is 0.962 bits per heavy atom. The average Bonchev–Trinajstić information content (AvgIpc) is 3.00. The smallest absolute Gasteiger partial charge is 0.243 e. The standard InChI is InChI=1S/C19H29N3O3S/c23-19(15-20-16-7-3-4-8-16)21-17-9-11-18(12-10-17)26(24,25)22-13-5-1-2-6-14-22/h9-12,16,20H,1-8,13-15H2,(H,21,23). The van der Waals surface area contributed by atoms with Crippen molar-refractivity contribution in [2.75, 3.05) is 25.0 Å². The van der Waals surface area contributed by atoms with Crippen LogP contribution in [0.5, 0.6) is 0 Å². The van der Waals surface area contributed by atoms with Gasteiger partial charge in [0.2, 0.25) is 15.9 Å². The summed E-state index contributed by atoms with van der Waals surface area (Å²) in [5.41, 5.74) is 0.623. The summed E-state index contributed by atoms with van der Waals surface area (Å²) in [7, 11) is -3.44. The van der Waals surface area contributed by atoms with Crippen molar-refractivity contribution in [3.05, 3.63) is 24.3 Å². The number of benzene rings is 1. The molecular weight excluding hydrogens is 350 g/mol. The average molecular weight is 380 g/mol. The molecule has 0 unspecified atom stereocenters. The summed E-state index contributed by atoms with van der Waals surface area (Å²) < 4.78 is 27.1. The third-order valence-electron chi connectivity index (χ3n) is 5.25. The van der Waals surface area contributed by atoms with E-state index in [-0.39, 0.29) is 5.91 Å². The number of amides is 1. The maximum absolute atomic E-state index is 12.8. The highest BCUT2D eigenvalue weighted by atomic mass is 32.2. The molecule has 2 N–H and O–H groups in total. The molecule has 1 aromatic carbocycles. The van der Waals surface area contributed by atoms with Gasteiger partial charge in [-0.1, -0.05) is 25.7 Å². The van der Waals surface area contributed by atoms with E-state index < -0.39 is 10.0 Å². The van der Waals surface area contributed by atoms with Crippen LogP contribution in [0.2, 0.25) is 0 Å². The fraction of sp³-hybridized carbons (Fsp3) is 0.632. The first-order chi connectivity index (χ1) is 12.6. The van der Waals surface area contributed by atoms with Crippen molar-refractivity contribution >= 4 is 21.6 Å². The van der Waals surface area contributed by atoms with Gasteiger partial charge in [0.25, 0.3) is 0 Å². The predicted molar refractivity (Wildman–Crippen MR) is 103 cm³/mol. The van der Waals surface area contributed by atoms with Crippen LogP contribution >= 0.6 is 0 Å². The number of hydrogen-bond acceptors (Lipinski definition) is 4. The molecule has 0 bridgehead atoms. The van der Waals surface area contributed by atoms with E-state index in [0.717, 1.165) is 38.5 Å². The molecule has 0 radical (unpaired) electrons. The summed E-state index contributed by atoms with van der Waals surface area (Å²) in [5.74, 6) is -0.0972. The molecule has 1 amide bonds. The van der Waals surface area contributed by atoms with Crippen molar-refractivity contribution in [1.29, 1.82) is 0 Å². The van der Waals surface area contributed by atoms with Crippen LogP contribution in [0.4, 0.5) is 5.69 Å². The molecule has 0 spiro atoms. The summed E-state index contributed by atoms with van der Waals surface area (Å²) in [5, 5.41) is 6.10. The number of anilines is 1. The quantitative estimate of drug-likeness (QED) is 0.797. The first-order valence-electron chi connectivity index (χ1n) is 9.69. The fourth-order valence-corrected chi connectivity index (χ4v) is 5.23. The monoisotopic (exact) mass is 379 g/mol. The molecule has 0 aromatic heterocycles. The van der Waals surface area contributed by atoms with E-state index in [1.165, 1.54) is 12.8 Å². The van der Waals surface area contributed by atoms with Gasteiger partial charge in [0.15, 0.2) is 0 Å². The number of carbonyl (C=O) groups is 1. The van der Waals surface area contributed by atoms with Gasteiger partial charge in [0, 0.05) is 24.8 Å². The summed E-state index contributed by atoms with van der Waals surface area (Å²) in [6, 6.07) is 6.94. The van der Waals surface area contributed by atoms with E-state index in [1.54, 1.807) is 28.6 Å². The lowest BCUT2D eigenvalue weighted by atomic mass is 10.2. The maximum atomic E-state index is 12.8. The van der Waals surface area contributed by atoms with Gasteiger partial charge in [0.1, 0.15) is 0 Å². The molecule has 3 rings (SSSR count). The molecule has 1 aliphatic carbocycles. The molecule has 1 saturated carbocycles. The Morgan fingerprint density at radius 3 is 2.19 bits per heavy atom. The summed E-state index contributed by atoms with van der Waals surface area (Å²) in [6.07, 6.45) is 8.74. The Kier molecular flexibility index (Phi) is 6.67. The van der Waals surface area contributed by atoms with Crippen molar-refractivity contribution in [2.24, 2.45) is 0 Å². The number of nitrogens with one attached hydrogen (secondary N) is 2. The molecular formula is C19H29N3O3S. The van der Waals surface area contributed by atoms with Crippen LogP contribution in [0.25, 0.3) is 0 Å². The number of sulfonamides is 1. The Balaban J connectivity index is 1.56. The SMILES string of the molecule is O=C(CNC1CCCC1)Nc1ccc(S(=O)(=O)N2CCCCCC2)cc1. The van der Waals surface area contributed by atoms with Gasteiger partial charge in [-0.2, -0.15) is 4.31 Å². The zero-order valence-electron chi connectivity index (χ0n) is 15.2. The molecule has 144 valence electrons. The summed E-state index contributed by atoms with van der Waals surface area (Å²) in [6.45, 7) is 1.47. The normalized spacial score (nSPS) is 20.0. The van der Waals surface area contributed by atoms with E-state index in [4.69, 9.17) is 0 Å². The highest BCUT2D eigenvalue weighted by Gasteiger charge is 2.25. The molecule has 1 saturated heterocycles. The molecule has 7 heteroatoms. The second-order valence-electron chi connectivity index (χ2n) is 7.25. The lowest BCUT2D eigenvalue weighted by Gasteiger charge is -2.20. The van der Waals surface area contributed by atoms with Crippen LogP contribution in [0, 0.1) is 0 Å². The summed E-state index contributed by atoms with van der Waals surface area (Å²) in [4.78, 5) is 12.3. The minimum Gasteiger partial charge on any atom is -0.325 e. The Bertz CT molecular complexity index is 689. The van der Waals surface area contributed by atoms with E-state index in [1.807, 2.05) is 0 Å². The van der Waals surface area contributed by atoms with Gasteiger partial charge >= 0.3 is 0 Å². The van der Waals surface area contributed by atoms with Crippen molar-refractivity contribution in [1.82, 2.24) is 9.62 Å². The van der Waals surface area contributed by atoms with E-state index in [9.17, 15) is 13.2 Å². The van der Waals surface area contributed by atoms with Gasteiger partial charge in [-0.05, 0) is 49.9 Å². The Labute approximate surface area is 156 Å². The van der Waals surface area contributed by atoms with Gasteiger partial charge in [-0.15, -0.1) is 0 Å². The van der Waals surface area contributed by atoms with Gasteiger partial charge < -0.3 is 10.6 Å².